The Balaban J connectivity index is 1.78. The van der Waals surface area contributed by atoms with Crippen molar-refractivity contribution in [2.45, 2.75) is 11.3 Å². The summed E-state index contributed by atoms with van der Waals surface area (Å²) in [7, 11) is -2.33. The first-order chi connectivity index (χ1) is 13.5. The number of carbonyl (C=O) groups excluding carboxylic acids is 1. The van der Waals surface area contributed by atoms with E-state index < -0.39 is 10.0 Å². The van der Waals surface area contributed by atoms with E-state index >= 15 is 0 Å². The summed E-state index contributed by atoms with van der Waals surface area (Å²) >= 11 is 0. The molecule has 0 atom stereocenters. The van der Waals surface area contributed by atoms with Crippen LogP contribution in [0.1, 0.15) is 16.8 Å². The molecule has 1 amide bonds. The highest BCUT2D eigenvalue weighted by Gasteiger charge is 2.21. The number of ether oxygens (including phenoxy) is 3. The van der Waals surface area contributed by atoms with Crippen LogP contribution in [0.4, 0.5) is 5.69 Å². The van der Waals surface area contributed by atoms with Gasteiger partial charge < -0.3 is 19.5 Å². The van der Waals surface area contributed by atoms with Crippen molar-refractivity contribution in [3.8, 4) is 11.5 Å². The number of sulfonamides is 1. The lowest BCUT2D eigenvalue weighted by Crippen LogP contribution is -2.26. The largest absolute Gasteiger partial charge is 0.486 e. The van der Waals surface area contributed by atoms with E-state index in [-0.39, 0.29) is 22.1 Å². The highest BCUT2D eigenvalue weighted by atomic mass is 32.2. The molecule has 3 rings (SSSR count). The van der Waals surface area contributed by atoms with E-state index in [0.29, 0.717) is 44.3 Å². The molecule has 0 aliphatic carbocycles. The summed E-state index contributed by atoms with van der Waals surface area (Å²) in [6.45, 7) is 1.73. The van der Waals surface area contributed by atoms with E-state index in [4.69, 9.17) is 14.2 Å². The van der Waals surface area contributed by atoms with Gasteiger partial charge in [-0.2, -0.15) is 0 Å². The molecule has 0 spiro atoms. The molecule has 1 aliphatic rings. The van der Waals surface area contributed by atoms with Crippen LogP contribution in [-0.2, 0) is 14.8 Å². The third-order valence-corrected chi connectivity index (χ3v) is 5.41. The molecule has 2 aromatic carbocycles. The van der Waals surface area contributed by atoms with Crippen molar-refractivity contribution in [3.05, 3.63) is 48.0 Å². The summed E-state index contributed by atoms with van der Waals surface area (Å²) in [5.74, 6) is 0.510. The van der Waals surface area contributed by atoms with Crippen molar-refractivity contribution < 1.29 is 27.4 Å². The first kappa shape index (κ1) is 20.0. The lowest BCUT2D eigenvalue weighted by atomic mass is 10.1. The maximum atomic E-state index is 12.8. The number of methoxy groups -OCH3 is 1. The summed E-state index contributed by atoms with van der Waals surface area (Å²) < 4.78 is 43.9. The fourth-order valence-corrected chi connectivity index (χ4v) is 3.77. The number of fused-ring (bicyclic) bond motifs is 1. The summed E-state index contributed by atoms with van der Waals surface area (Å²) in [6, 6.07) is 10.8. The average Bonchev–Trinajstić information content (AvgIpc) is 2.71. The first-order valence-corrected chi connectivity index (χ1v) is 10.3. The molecule has 0 bridgehead atoms. The van der Waals surface area contributed by atoms with Gasteiger partial charge in [-0.3, -0.25) is 9.52 Å². The van der Waals surface area contributed by atoms with E-state index in [1.54, 1.807) is 37.4 Å². The molecule has 8 nitrogen and oxygen atoms in total. The van der Waals surface area contributed by atoms with E-state index in [2.05, 4.69) is 10.0 Å². The Bertz CT molecular complexity index is 945. The highest BCUT2D eigenvalue weighted by Crippen LogP contribution is 2.33. The van der Waals surface area contributed by atoms with E-state index in [1.807, 2.05) is 0 Å². The minimum Gasteiger partial charge on any atom is -0.486 e. The second-order valence-electron chi connectivity index (χ2n) is 6.06. The van der Waals surface area contributed by atoms with Gasteiger partial charge in [0.1, 0.15) is 13.2 Å². The van der Waals surface area contributed by atoms with Crippen LogP contribution in [-0.4, -0.2) is 47.8 Å². The number of amides is 1. The van der Waals surface area contributed by atoms with Gasteiger partial charge in [0.25, 0.3) is 15.9 Å². The number of anilines is 1. The Kier molecular flexibility index (Phi) is 6.37. The first-order valence-electron chi connectivity index (χ1n) is 8.80. The summed E-state index contributed by atoms with van der Waals surface area (Å²) in [5, 5.41) is 2.75. The molecular weight excluding hydrogens is 384 g/mol. The molecule has 1 heterocycles. The van der Waals surface area contributed by atoms with Crippen molar-refractivity contribution >= 4 is 21.6 Å². The normalized spacial score (nSPS) is 13.0. The van der Waals surface area contributed by atoms with E-state index in [9.17, 15) is 13.2 Å². The number of para-hydroxylation sites is 1. The third-order valence-electron chi connectivity index (χ3n) is 4.05. The van der Waals surface area contributed by atoms with Gasteiger partial charge >= 0.3 is 0 Å². The summed E-state index contributed by atoms with van der Waals surface area (Å²) in [6.07, 6.45) is 0.660. The van der Waals surface area contributed by atoms with Crippen molar-refractivity contribution in [3.63, 3.8) is 0 Å². The molecular formula is C19H22N2O6S. The summed E-state index contributed by atoms with van der Waals surface area (Å²) in [4.78, 5) is 12.4. The molecule has 2 N–H and O–H groups in total. The fraction of sp³-hybridized carbons (Fsp3) is 0.316. The number of hydrogen-bond acceptors (Lipinski definition) is 6. The molecule has 0 aromatic heterocycles. The van der Waals surface area contributed by atoms with Gasteiger partial charge in [0, 0.05) is 26.3 Å². The van der Waals surface area contributed by atoms with Gasteiger partial charge in [-0.1, -0.05) is 12.1 Å². The average molecular weight is 406 g/mol. The van der Waals surface area contributed by atoms with Crippen LogP contribution in [0.15, 0.2) is 47.4 Å². The molecule has 1 aliphatic heterocycles. The minimum absolute atomic E-state index is 0.0204. The van der Waals surface area contributed by atoms with Crippen LogP contribution in [0.5, 0.6) is 11.5 Å². The van der Waals surface area contributed by atoms with E-state index in [0.717, 1.165) is 0 Å². The van der Waals surface area contributed by atoms with Gasteiger partial charge in [0.2, 0.25) is 0 Å². The molecule has 28 heavy (non-hydrogen) atoms. The maximum Gasteiger partial charge on any atom is 0.262 e. The molecule has 9 heteroatoms. The number of carbonyl (C=O) groups is 1. The lowest BCUT2D eigenvalue weighted by Gasteiger charge is -2.19. The van der Waals surface area contributed by atoms with Crippen molar-refractivity contribution in [1.82, 2.24) is 5.32 Å². The fourth-order valence-electron chi connectivity index (χ4n) is 2.68. The van der Waals surface area contributed by atoms with Crippen LogP contribution < -0.4 is 19.5 Å². The molecule has 0 saturated carbocycles. The van der Waals surface area contributed by atoms with Gasteiger partial charge in [0.05, 0.1) is 16.1 Å². The highest BCUT2D eigenvalue weighted by molar-refractivity contribution is 7.92. The van der Waals surface area contributed by atoms with E-state index in [1.165, 1.54) is 12.1 Å². The van der Waals surface area contributed by atoms with Crippen LogP contribution in [0.2, 0.25) is 0 Å². The van der Waals surface area contributed by atoms with Crippen molar-refractivity contribution in [1.29, 1.82) is 0 Å². The van der Waals surface area contributed by atoms with Gasteiger partial charge in [-0.05, 0) is 30.7 Å². The predicted molar refractivity (Wildman–Crippen MR) is 104 cm³/mol. The number of nitrogens with one attached hydrogen (secondary N) is 2. The SMILES string of the molecule is COCCCNC(=O)c1ccccc1NS(=O)(=O)c1ccc2c(c1)OCCO2. The number of benzene rings is 2. The maximum absolute atomic E-state index is 12.8. The van der Waals surface area contributed by atoms with Gasteiger partial charge in [0.15, 0.2) is 11.5 Å². The summed E-state index contributed by atoms with van der Waals surface area (Å²) in [5.41, 5.74) is 0.433. The lowest BCUT2D eigenvalue weighted by molar-refractivity contribution is 0.0949. The van der Waals surface area contributed by atoms with Gasteiger partial charge in [-0.25, -0.2) is 8.42 Å². The minimum atomic E-state index is -3.92. The predicted octanol–water partition coefficient (Wildman–Crippen LogP) is 2.02. The zero-order valence-electron chi connectivity index (χ0n) is 15.4. The van der Waals surface area contributed by atoms with Crippen molar-refractivity contribution in [2.75, 3.05) is 38.2 Å². The Morgan fingerprint density at radius 1 is 1.11 bits per heavy atom. The molecule has 0 unspecified atom stereocenters. The Labute approximate surface area is 163 Å². The molecule has 0 radical (unpaired) electrons. The zero-order chi connectivity index (χ0) is 20.0. The molecule has 150 valence electrons. The second kappa shape index (κ2) is 8.94. The second-order valence-corrected chi connectivity index (χ2v) is 7.74. The molecule has 2 aromatic rings. The number of rotatable bonds is 8. The zero-order valence-corrected chi connectivity index (χ0v) is 16.3. The standard InChI is InChI=1S/C19H22N2O6S/c1-25-10-4-9-20-19(22)15-5-2-3-6-16(15)21-28(23,24)14-7-8-17-18(13-14)27-12-11-26-17/h2-3,5-8,13,21H,4,9-12H2,1H3,(H,20,22). The monoisotopic (exact) mass is 406 g/mol. The van der Waals surface area contributed by atoms with Crippen LogP contribution in [0.25, 0.3) is 0 Å². The molecule has 0 saturated heterocycles. The molecule has 0 fully saturated rings. The third kappa shape index (κ3) is 4.73. The quantitative estimate of drug-likeness (QED) is 0.650. The van der Waals surface area contributed by atoms with Crippen molar-refractivity contribution in [2.24, 2.45) is 0 Å². The Hall–Kier alpha value is -2.78. The topological polar surface area (TPSA) is 103 Å². The van der Waals surface area contributed by atoms with Crippen LogP contribution in [0.3, 0.4) is 0 Å². The Morgan fingerprint density at radius 3 is 2.64 bits per heavy atom. The van der Waals surface area contributed by atoms with Gasteiger partial charge in [-0.15, -0.1) is 0 Å². The van der Waals surface area contributed by atoms with Crippen LogP contribution >= 0.6 is 0 Å². The smallest absolute Gasteiger partial charge is 0.262 e. The number of hydrogen-bond donors (Lipinski definition) is 2. The van der Waals surface area contributed by atoms with Crippen LogP contribution in [0, 0.1) is 0 Å². The Morgan fingerprint density at radius 2 is 1.86 bits per heavy atom.